The van der Waals surface area contributed by atoms with Crippen molar-refractivity contribution in [2.24, 2.45) is 0 Å². The van der Waals surface area contributed by atoms with Crippen molar-refractivity contribution in [3.63, 3.8) is 0 Å². The van der Waals surface area contributed by atoms with Crippen LogP contribution in [0.5, 0.6) is 0 Å². The Morgan fingerprint density at radius 3 is 2.65 bits per heavy atom. The quantitative estimate of drug-likeness (QED) is 0.811. The summed E-state index contributed by atoms with van der Waals surface area (Å²) in [6, 6.07) is 7.74. The van der Waals surface area contributed by atoms with Crippen LogP contribution in [0.15, 0.2) is 24.3 Å². The van der Waals surface area contributed by atoms with E-state index in [1.165, 1.54) is 0 Å². The maximum atomic E-state index is 12.1. The van der Waals surface area contributed by atoms with Crippen molar-refractivity contribution in [3.05, 3.63) is 34.9 Å². The fourth-order valence-corrected chi connectivity index (χ4v) is 3.16. The number of carbonyl (C=O) groups is 1. The average molecular weight is 361 g/mol. The van der Waals surface area contributed by atoms with Crippen molar-refractivity contribution in [3.8, 4) is 0 Å². The molecule has 0 aliphatic heterocycles. The summed E-state index contributed by atoms with van der Waals surface area (Å²) in [5, 5.41) is 13.2. The van der Waals surface area contributed by atoms with Gasteiger partial charge in [-0.25, -0.2) is 0 Å². The lowest BCUT2D eigenvalue weighted by Crippen LogP contribution is -2.42. The van der Waals surface area contributed by atoms with E-state index in [1.807, 2.05) is 24.3 Å². The minimum atomic E-state index is -0.283. The molecule has 0 heterocycles. The molecule has 1 saturated carbocycles. The number of hydrogen-bond donors (Lipinski definition) is 2. The van der Waals surface area contributed by atoms with Crippen molar-refractivity contribution in [1.82, 2.24) is 5.32 Å². The van der Waals surface area contributed by atoms with Gasteiger partial charge in [-0.2, -0.15) is 0 Å². The molecular formula is C15H19BrClNO2. The highest BCUT2D eigenvalue weighted by molar-refractivity contribution is 9.10. The maximum absolute atomic E-state index is 12.1. The Morgan fingerprint density at radius 1 is 1.35 bits per heavy atom. The van der Waals surface area contributed by atoms with Gasteiger partial charge in [0.1, 0.15) is 0 Å². The van der Waals surface area contributed by atoms with E-state index in [0.29, 0.717) is 11.4 Å². The molecule has 1 aromatic carbocycles. The van der Waals surface area contributed by atoms with E-state index in [4.69, 9.17) is 11.6 Å². The SMILES string of the molecule is O=C(NC1CCC(O)CC1)C(Br)Cc1ccccc1Cl. The van der Waals surface area contributed by atoms with Crippen LogP contribution in [0.2, 0.25) is 5.02 Å². The zero-order chi connectivity index (χ0) is 14.5. The molecule has 1 amide bonds. The fraction of sp³-hybridized carbons (Fsp3) is 0.533. The lowest BCUT2D eigenvalue weighted by atomic mass is 9.93. The molecule has 0 bridgehead atoms. The van der Waals surface area contributed by atoms with Gasteiger partial charge in [0.2, 0.25) is 5.91 Å². The van der Waals surface area contributed by atoms with Crippen LogP contribution in [0.3, 0.4) is 0 Å². The summed E-state index contributed by atoms with van der Waals surface area (Å²) in [6.07, 6.45) is 3.59. The van der Waals surface area contributed by atoms with Gasteiger partial charge in [-0.1, -0.05) is 45.7 Å². The third kappa shape index (κ3) is 4.47. The van der Waals surface area contributed by atoms with E-state index in [2.05, 4.69) is 21.2 Å². The smallest absolute Gasteiger partial charge is 0.234 e. The van der Waals surface area contributed by atoms with Crippen LogP contribution in [-0.4, -0.2) is 28.0 Å². The minimum absolute atomic E-state index is 0.00805. The zero-order valence-corrected chi connectivity index (χ0v) is 13.5. The molecule has 3 nitrogen and oxygen atoms in total. The maximum Gasteiger partial charge on any atom is 0.234 e. The van der Waals surface area contributed by atoms with Gasteiger partial charge in [-0.15, -0.1) is 0 Å². The van der Waals surface area contributed by atoms with Gasteiger partial charge in [0, 0.05) is 11.1 Å². The number of rotatable bonds is 4. The lowest BCUT2D eigenvalue weighted by Gasteiger charge is -2.27. The van der Waals surface area contributed by atoms with E-state index < -0.39 is 0 Å². The summed E-state index contributed by atoms with van der Waals surface area (Å²) in [5.74, 6) is -0.00805. The van der Waals surface area contributed by atoms with Gasteiger partial charge < -0.3 is 10.4 Å². The first-order valence-electron chi connectivity index (χ1n) is 6.92. The normalized spacial score (nSPS) is 24.1. The second kappa shape index (κ2) is 7.43. The zero-order valence-electron chi connectivity index (χ0n) is 11.2. The molecule has 1 unspecified atom stereocenters. The molecule has 2 N–H and O–H groups in total. The average Bonchev–Trinajstić information content (AvgIpc) is 2.44. The summed E-state index contributed by atoms with van der Waals surface area (Å²) in [6.45, 7) is 0. The first-order valence-corrected chi connectivity index (χ1v) is 8.21. The van der Waals surface area contributed by atoms with Crippen LogP contribution in [-0.2, 0) is 11.2 Å². The molecule has 1 aromatic rings. The fourth-order valence-electron chi connectivity index (χ4n) is 2.46. The molecule has 1 aliphatic carbocycles. The number of hydrogen-bond acceptors (Lipinski definition) is 2. The largest absolute Gasteiger partial charge is 0.393 e. The van der Waals surface area contributed by atoms with E-state index >= 15 is 0 Å². The Bertz CT molecular complexity index is 461. The Hall–Kier alpha value is -0.580. The van der Waals surface area contributed by atoms with E-state index in [-0.39, 0.29) is 22.9 Å². The molecule has 1 aliphatic rings. The Kier molecular flexibility index (Phi) is 5.87. The van der Waals surface area contributed by atoms with Gasteiger partial charge in [0.25, 0.3) is 0 Å². The number of alkyl halides is 1. The summed E-state index contributed by atoms with van der Waals surface area (Å²) < 4.78 is 0. The van der Waals surface area contributed by atoms with Crippen LogP contribution in [0.1, 0.15) is 31.2 Å². The number of nitrogens with one attached hydrogen (secondary N) is 1. The number of benzene rings is 1. The van der Waals surface area contributed by atoms with Crippen LogP contribution < -0.4 is 5.32 Å². The van der Waals surface area contributed by atoms with Crippen LogP contribution in [0.4, 0.5) is 0 Å². The topological polar surface area (TPSA) is 49.3 Å². The number of halogens is 2. The summed E-state index contributed by atoms with van der Waals surface area (Å²) >= 11 is 9.53. The van der Waals surface area contributed by atoms with Gasteiger partial charge in [0.15, 0.2) is 0 Å². The first kappa shape index (κ1) is 15.8. The highest BCUT2D eigenvalue weighted by Crippen LogP contribution is 2.21. The molecular weight excluding hydrogens is 342 g/mol. The number of aliphatic hydroxyl groups excluding tert-OH is 1. The summed E-state index contributed by atoms with van der Waals surface area (Å²) in [5.41, 5.74) is 0.963. The van der Waals surface area contributed by atoms with Crippen LogP contribution in [0.25, 0.3) is 0 Å². The number of aliphatic hydroxyl groups is 1. The van der Waals surface area contributed by atoms with Gasteiger partial charge in [0.05, 0.1) is 10.9 Å². The van der Waals surface area contributed by atoms with Crippen molar-refractivity contribution >= 4 is 33.4 Å². The van der Waals surface area contributed by atoms with Crippen molar-refractivity contribution in [1.29, 1.82) is 0 Å². The van der Waals surface area contributed by atoms with Crippen molar-refractivity contribution in [2.75, 3.05) is 0 Å². The first-order chi connectivity index (χ1) is 9.56. The van der Waals surface area contributed by atoms with Crippen molar-refractivity contribution < 1.29 is 9.90 Å². The summed E-state index contributed by atoms with van der Waals surface area (Å²) in [4.78, 5) is 11.9. The predicted molar refractivity (Wildman–Crippen MR) is 84.3 cm³/mol. The second-order valence-corrected chi connectivity index (χ2v) is 6.79. The Balaban J connectivity index is 1.84. The van der Waals surface area contributed by atoms with Gasteiger partial charge in [-0.05, 0) is 43.7 Å². The number of amides is 1. The molecule has 1 fully saturated rings. The lowest BCUT2D eigenvalue weighted by molar-refractivity contribution is -0.121. The third-order valence-corrected chi connectivity index (χ3v) is 4.79. The van der Waals surface area contributed by atoms with Crippen molar-refractivity contribution in [2.45, 2.75) is 49.1 Å². The molecule has 110 valence electrons. The molecule has 0 aromatic heterocycles. The molecule has 1 atom stereocenters. The van der Waals surface area contributed by atoms with Crippen LogP contribution >= 0.6 is 27.5 Å². The number of carbonyl (C=O) groups excluding carboxylic acids is 1. The molecule has 0 radical (unpaired) electrons. The summed E-state index contributed by atoms with van der Waals surface area (Å²) in [7, 11) is 0. The molecule has 0 spiro atoms. The molecule has 0 saturated heterocycles. The predicted octanol–water partition coefficient (Wildman–Crippen LogP) is 3.07. The third-order valence-electron chi connectivity index (χ3n) is 3.68. The monoisotopic (exact) mass is 359 g/mol. The van der Waals surface area contributed by atoms with Gasteiger partial charge >= 0.3 is 0 Å². The molecule has 20 heavy (non-hydrogen) atoms. The van der Waals surface area contributed by atoms with Gasteiger partial charge in [-0.3, -0.25) is 4.79 Å². The minimum Gasteiger partial charge on any atom is -0.393 e. The molecule has 5 heteroatoms. The highest BCUT2D eigenvalue weighted by atomic mass is 79.9. The van der Waals surface area contributed by atoms with Crippen LogP contribution in [0, 0.1) is 0 Å². The Labute approximate surface area is 132 Å². The highest BCUT2D eigenvalue weighted by Gasteiger charge is 2.24. The van der Waals surface area contributed by atoms with E-state index in [9.17, 15) is 9.90 Å². The molecule has 2 rings (SSSR count). The second-order valence-electron chi connectivity index (χ2n) is 5.28. The standard InChI is InChI=1S/C15H19BrClNO2/c16-13(9-10-3-1-2-4-14(10)17)15(20)18-11-5-7-12(19)8-6-11/h1-4,11-13,19H,5-9H2,(H,18,20). The Morgan fingerprint density at radius 2 is 2.00 bits per heavy atom. The van der Waals surface area contributed by atoms with E-state index in [1.54, 1.807) is 0 Å². The van der Waals surface area contributed by atoms with E-state index in [0.717, 1.165) is 31.2 Å².